The van der Waals surface area contributed by atoms with Crippen molar-refractivity contribution in [3.8, 4) is 11.4 Å². The Labute approximate surface area is 240 Å². The third-order valence-corrected chi connectivity index (χ3v) is 6.59. The molecule has 0 atom stereocenters. The number of aliphatic imine (C=N–C) groups is 1. The van der Waals surface area contributed by atoms with Crippen LogP contribution in [-0.4, -0.2) is 60.9 Å². The van der Waals surface area contributed by atoms with Gasteiger partial charge >= 0.3 is 0 Å². The molecular formula is C26H29Br2N7OS. The van der Waals surface area contributed by atoms with E-state index in [4.69, 9.17) is 4.98 Å². The molecule has 0 saturated heterocycles. The minimum Gasteiger partial charge on any atom is -0.366 e. The van der Waals surface area contributed by atoms with E-state index in [1.165, 1.54) is 35.3 Å². The molecule has 0 saturated carbocycles. The van der Waals surface area contributed by atoms with Crippen LogP contribution in [0.1, 0.15) is 39.1 Å². The van der Waals surface area contributed by atoms with Crippen LogP contribution < -0.4 is 0 Å². The molecule has 194 valence electrons. The predicted molar refractivity (Wildman–Crippen MR) is 159 cm³/mol. The zero-order valence-corrected chi connectivity index (χ0v) is 25.2. The van der Waals surface area contributed by atoms with Gasteiger partial charge in [0.05, 0.1) is 34.8 Å². The van der Waals surface area contributed by atoms with Crippen molar-refractivity contribution in [1.29, 1.82) is 0 Å². The highest BCUT2D eigenvalue weighted by molar-refractivity contribution is 9.09. The highest BCUT2D eigenvalue weighted by Crippen LogP contribution is 2.27. The van der Waals surface area contributed by atoms with Gasteiger partial charge in [-0.2, -0.15) is 0 Å². The molecule has 0 radical (unpaired) electrons. The van der Waals surface area contributed by atoms with Crippen LogP contribution in [-0.2, 0) is 6.42 Å². The average molecular weight is 647 g/mol. The zero-order chi connectivity index (χ0) is 25.9. The summed E-state index contributed by atoms with van der Waals surface area (Å²) >= 11 is 4.69. The first-order chi connectivity index (χ1) is 17.4. The molecule has 0 aliphatic rings. The number of aromatic nitrogens is 5. The number of hydrogen-bond donors (Lipinski definition) is 0. The molecule has 37 heavy (non-hydrogen) atoms. The van der Waals surface area contributed by atoms with Crippen molar-refractivity contribution in [3.63, 3.8) is 0 Å². The molecule has 4 aromatic rings. The van der Waals surface area contributed by atoms with E-state index >= 15 is 0 Å². The van der Waals surface area contributed by atoms with E-state index < -0.39 is 0 Å². The fourth-order valence-electron chi connectivity index (χ4n) is 3.05. The van der Waals surface area contributed by atoms with Crippen LogP contribution in [0, 0.1) is 13.8 Å². The number of benzene rings is 1. The molecule has 4 rings (SSSR count). The van der Waals surface area contributed by atoms with Crippen molar-refractivity contribution in [2.75, 3.05) is 18.9 Å². The second-order valence-electron chi connectivity index (χ2n) is 7.92. The minimum absolute atomic E-state index is 0. The van der Waals surface area contributed by atoms with Crippen LogP contribution in [0.15, 0.2) is 59.7 Å². The van der Waals surface area contributed by atoms with E-state index in [1.54, 1.807) is 29.9 Å². The number of rotatable bonds is 8. The predicted octanol–water partition coefficient (Wildman–Crippen LogP) is 6.05. The molecule has 0 spiro atoms. The summed E-state index contributed by atoms with van der Waals surface area (Å²) in [5.74, 6) is -0.0481. The summed E-state index contributed by atoms with van der Waals surface area (Å²) in [7, 11) is 2.03. The van der Waals surface area contributed by atoms with Gasteiger partial charge in [0, 0.05) is 50.2 Å². The lowest BCUT2D eigenvalue weighted by Gasteiger charge is -2.11. The van der Waals surface area contributed by atoms with E-state index in [2.05, 4.69) is 78.7 Å². The number of aryl methyl sites for hydroxylation is 2. The van der Waals surface area contributed by atoms with Crippen molar-refractivity contribution < 1.29 is 4.79 Å². The van der Waals surface area contributed by atoms with Gasteiger partial charge in [0.1, 0.15) is 17.1 Å². The number of carbonyl (C=O) groups excluding carboxylic acids is 1. The molecule has 0 aliphatic heterocycles. The molecule has 0 amide bonds. The molecule has 11 heteroatoms. The molecule has 0 N–H and O–H groups in total. The van der Waals surface area contributed by atoms with Gasteiger partial charge < -0.3 is 4.90 Å². The molecule has 0 unspecified atom stereocenters. The first-order valence-electron chi connectivity index (χ1n) is 11.3. The number of ketones is 1. The summed E-state index contributed by atoms with van der Waals surface area (Å²) in [5, 5.41) is 3.42. The van der Waals surface area contributed by atoms with E-state index in [0.717, 1.165) is 35.0 Å². The molecule has 8 nitrogen and oxygen atoms in total. The van der Waals surface area contributed by atoms with Gasteiger partial charge in [-0.3, -0.25) is 19.7 Å². The van der Waals surface area contributed by atoms with Gasteiger partial charge in [-0.1, -0.05) is 22.0 Å². The van der Waals surface area contributed by atoms with Crippen LogP contribution in [0.5, 0.6) is 0 Å². The molecule has 3 aromatic heterocycles. The standard InChI is InChI=1S/C20H23N5S.C6H5BrN2O.BrH/c1-5-25(4)13-23-17-9-14(2)16(8-15(17)3)10-20-24-19(12-26-20)18-11-21-6-7-22-18;7-3-6(10)5-4-8-1-2-9-5;/h6-9,11-13H,5,10H2,1-4H3;1-2,4H,3H2;1H. The number of hydrogen-bond acceptors (Lipinski definition) is 8. The van der Waals surface area contributed by atoms with Crippen LogP contribution in [0.4, 0.5) is 5.69 Å². The number of nitrogens with zero attached hydrogens (tertiary/aromatic N) is 7. The van der Waals surface area contributed by atoms with E-state index in [-0.39, 0.29) is 22.8 Å². The summed E-state index contributed by atoms with van der Waals surface area (Å²) in [5.41, 5.74) is 6.81. The third kappa shape index (κ3) is 9.17. The Kier molecular flexibility index (Phi) is 12.6. The largest absolute Gasteiger partial charge is 0.366 e. The van der Waals surface area contributed by atoms with Gasteiger partial charge in [0.25, 0.3) is 0 Å². The fraction of sp³-hybridized carbons (Fsp3) is 0.269. The average Bonchev–Trinajstić information content (AvgIpc) is 3.39. The topological polar surface area (TPSA) is 97.1 Å². The maximum absolute atomic E-state index is 10.9. The number of halogens is 2. The van der Waals surface area contributed by atoms with Crippen molar-refractivity contribution in [1.82, 2.24) is 29.8 Å². The van der Waals surface area contributed by atoms with Gasteiger partial charge in [0.2, 0.25) is 0 Å². The van der Waals surface area contributed by atoms with Crippen molar-refractivity contribution in [2.24, 2.45) is 4.99 Å². The van der Waals surface area contributed by atoms with E-state index in [9.17, 15) is 4.79 Å². The van der Waals surface area contributed by atoms with Crippen LogP contribution in [0.2, 0.25) is 0 Å². The second-order valence-corrected chi connectivity index (χ2v) is 9.43. The third-order valence-electron chi connectivity index (χ3n) is 5.24. The SMILES string of the molecule is Br.CCN(C)C=Nc1cc(C)c(Cc2nc(-c3cnccn3)cs2)cc1C.O=C(CBr)c1cnccn1. The van der Waals surface area contributed by atoms with Crippen LogP contribution in [0.3, 0.4) is 0 Å². The highest BCUT2D eigenvalue weighted by atomic mass is 79.9. The smallest absolute Gasteiger partial charge is 0.193 e. The summed E-state index contributed by atoms with van der Waals surface area (Å²) in [6.45, 7) is 7.29. The first kappa shape index (κ1) is 30.3. The lowest BCUT2D eigenvalue weighted by Crippen LogP contribution is -2.14. The van der Waals surface area contributed by atoms with Crippen molar-refractivity contribution in [2.45, 2.75) is 27.2 Å². The van der Waals surface area contributed by atoms with Gasteiger partial charge in [-0.25, -0.2) is 15.0 Å². The maximum Gasteiger partial charge on any atom is 0.193 e. The van der Waals surface area contributed by atoms with Gasteiger partial charge in [0.15, 0.2) is 5.78 Å². The number of alkyl halides is 1. The van der Waals surface area contributed by atoms with Gasteiger partial charge in [-0.05, 0) is 43.5 Å². The Morgan fingerprint density at radius 3 is 2.41 bits per heavy atom. The lowest BCUT2D eigenvalue weighted by atomic mass is 10.0. The highest BCUT2D eigenvalue weighted by Gasteiger charge is 2.10. The zero-order valence-electron chi connectivity index (χ0n) is 21.1. The Morgan fingerprint density at radius 1 is 1.05 bits per heavy atom. The Morgan fingerprint density at radius 2 is 1.78 bits per heavy atom. The summed E-state index contributed by atoms with van der Waals surface area (Å²) < 4.78 is 0. The molecule has 0 bridgehead atoms. The Bertz CT molecular complexity index is 1300. The number of thiazole rings is 1. The van der Waals surface area contributed by atoms with E-state index in [0.29, 0.717) is 11.0 Å². The summed E-state index contributed by atoms with van der Waals surface area (Å²) in [6.07, 6.45) is 12.3. The first-order valence-corrected chi connectivity index (χ1v) is 13.3. The quantitative estimate of drug-likeness (QED) is 0.0995. The lowest BCUT2D eigenvalue weighted by molar-refractivity contribution is 0.101. The molecule has 1 aromatic carbocycles. The monoisotopic (exact) mass is 645 g/mol. The second kappa shape index (κ2) is 15.4. The van der Waals surface area contributed by atoms with Crippen LogP contribution >= 0.6 is 44.2 Å². The minimum atomic E-state index is -0.0481. The summed E-state index contributed by atoms with van der Waals surface area (Å²) in [4.78, 5) is 38.2. The van der Waals surface area contributed by atoms with Crippen molar-refractivity contribution in [3.05, 3.63) is 82.1 Å². The number of Topliss-reactive ketones (excluding diaryl/α,β-unsaturated/α-hetero) is 1. The van der Waals surface area contributed by atoms with Crippen LogP contribution in [0.25, 0.3) is 11.4 Å². The number of carbonyl (C=O) groups is 1. The van der Waals surface area contributed by atoms with E-state index in [1.807, 2.05) is 18.8 Å². The Hall–Kier alpha value is -2.89. The molecule has 3 heterocycles. The maximum atomic E-state index is 10.9. The molecule has 0 aliphatic carbocycles. The van der Waals surface area contributed by atoms with Crippen molar-refractivity contribution >= 4 is 62.1 Å². The fourth-order valence-corrected chi connectivity index (χ4v) is 4.15. The summed E-state index contributed by atoms with van der Waals surface area (Å²) in [6, 6.07) is 4.37. The van der Waals surface area contributed by atoms with Gasteiger partial charge in [-0.15, -0.1) is 28.3 Å². The normalized spacial score (nSPS) is 10.4. The molecule has 0 fully saturated rings. The molecular weight excluding hydrogens is 618 g/mol. The Balaban J connectivity index is 0.000000369.